The fraction of sp³-hybridized carbons (Fsp3) is 0.300. The molecular formula is C10H13N3S. The van der Waals surface area contributed by atoms with Crippen LogP contribution < -0.4 is 5.32 Å². The number of hydrogen-bond donors (Lipinski definition) is 2. The van der Waals surface area contributed by atoms with E-state index in [4.69, 9.17) is 0 Å². The zero-order chi connectivity index (χ0) is 9.80. The Kier molecular flexibility index (Phi) is 2.96. The lowest BCUT2D eigenvalue weighted by Gasteiger charge is -2.10. The summed E-state index contributed by atoms with van der Waals surface area (Å²) in [4.78, 5) is 7.04. The van der Waals surface area contributed by atoms with Crippen LogP contribution in [-0.4, -0.2) is 9.97 Å². The van der Waals surface area contributed by atoms with Gasteiger partial charge in [0.15, 0.2) is 0 Å². The molecule has 2 rings (SSSR count). The van der Waals surface area contributed by atoms with Gasteiger partial charge in [0.2, 0.25) is 0 Å². The number of H-pyrrole nitrogens is 1. The molecule has 0 fully saturated rings. The summed E-state index contributed by atoms with van der Waals surface area (Å²) in [6, 6.07) is 2.54. The summed E-state index contributed by atoms with van der Waals surface area (Å²) in [7, 11) is 0. The molecule has 0 aliphatic carbocycles. The van der Waals surface area contributed by atoms with Crippen molar-refractivity contribution in [1.29, 1.82) is 0 Å². The molecule has 4 heteroatoms. The molecule has 2 aromatic heterocycles. The minimum absolute atomic E-state index is 0.393. The van der Waals surface area contributed by atoms with E-state index >= 15 is 0 Å². The van der Waals surface area contributed by atoms with Crippen molar-refractivity contribution >= 4 is 11.3 Å². The molecule has 0 spiro atoms. The van der Waals surface area contributed by atoms with Crippen LogP contribution in [0.1, 0.15) is 24.2 Å². The molecule has 0 saturated carbocycles. The highest BCUT2D eigenvalue weighted by Gasteiger charge is 2.04. The third kappa shape index (κ3) is 2.21. The maximum absolute atomic E-state index is 3.97. The van der Waals surface area contributed by atoms with E-state index in [1.807, 2.05) is 6.20 Å². The minimum atomic E-state index is 0.393. The van der Waals surface area contributed by atoms with E-state index in [0.29, 0.717) is 6.04 Å². The van der Waals surface area contributed by atoms with E-state index in [-0.39, 0.29) is 0 Å². The SMILES string of the molecule is CC(NCc1cnc[nH]1)c1ccsc1. The van der Waals surface area contributed by atoms with Crippen LogP contribution in [0.25, 0.3) is 0 Å². The predicted molar refractivity (Wildman–Crippen MR) is 58.2 cm³/mol. The fourth-order valence-electron chi connectivity index (χ4n) is 1.28. The minimum Gasteiger partial charge on any atom is -0.347 e. The Labute approximate surface area is 87.2 Å². The summed E-state index contributed by atoms with van der Waals surface area (Å²) >= 11 is 1.73. The third-order valence-corrected chi connectivity index (χ3v) is 2.90. The maximum Gasteiger partial charge on any atom is 0.0922 e. The molecule has 0 bridgehead atoms. The van der Waals surface area contributed by atoms with Crippen LogP contribution in [0.5, 0.6) is 0 Å². The van der Waals surface area contributed by atoms with Crippen molar-refractivity contribution in [2.45, 2.75) is 19.5 Å². The summed E-state index contributed by atoms with van der Waals surface area (Å²) in [6.45, 7) is 3.00. The van der Waals surface area contributed by atoms with E-state index in [2.05, 4.69) is 39.0 Å². The first-order valence-corrected chi connectivity index (χ1v) is 5.53. The molecular weight excluding hydrogens is 194 g/mol. The number of aromatic amines is 1. The van der Waals surface area contributed by atoms with Gasteiger partial charge in [-0.1, -0.05) is 0 Å². The molecule has 0 saturated heterocycles. The number of aromatic nitrogens is 2. The lowest BCUT2D eigenvalue weighted by molar-refractivity contribution is 0.570. The van der Waals surface area contributed by atoms with Crippen LogP contribution in [-0.2, 0) is 6.54 Å². The Morgan fingerprint density at radius 2 is 2.57 bits per heavy atom. The average Bonchev–Trinajstić information content (AvgIpc) is 2.87. The molecule has 2 aromatic rings. The van der Waals surface area contributed by atoms with Crippen LogP contribution >= 0.6 is 11.3 Å². The molecule has 14 heavy (non-hydrogen) atoms. The molecule has 2 N–H and O–H groups in total. The second kappa shape index (κ2) is 4.39. The van der Waals surface area contributed by atoms with Crippen LogP contribution in [0.15, 0.2) is 29.4 Å². The van der Waals surface area contributed by atoms with Crippen molar-refractivity contribution in [3.63, 3.8) is 0 Å². The molecule has 3 nitrogen and oxygen atoms in total. The quantitative estimate of drug-likeness (QED) is 0.807. The van der Waals surface area contributed by atoms with Gasteiger partial charge in [0, 0.05) is 24.5 Å². The number of nitrogens with zero attached hydrogens (tertiary/aromatic N) is 1. The van der Waals surface area contributed by atoms with Gasteiger partial charge in [-0.05, 0) is 29.3 Å². The van der Waals surface area contributed by atoms with Gasteiger partial charge >= 0.3 is 0 Å². The van der Waals surface area contributed by atoms with Gasteiger partial charge in [0.25, 0.3) is 0 Å². The molecule has 0 aliphatic rings. The van der Waals surface area contributed by atoms with Gasteiger partial charge in [-0.15, -0.1) is 0 Å². The zero-order valence-electron chi connectivity index (χ0n) is 8.03. The summed E-state index contributed by atoms with van der Waals surface area (Å²) in [5.41, 5.74) is 2.46. The van der Waals surface area contributed by atoms with Crippen molar-refractivity contribution in [2.75, 3.05) is 0 Å². The first-order valence-electron chi connectivity index (χ1n) is 4.59. The van der Waals surface area contributed by atoms with E-state index in [0.717, 1.165) is 12.2 Å². The second-order valence-corrected chi connectivity index (χ2v) is 4.02. The number of hydrogen-bond acceptors (Lipinski definition) is 3. The Hall–Kier alpha value is -1.13. The second-order valence-electron chi connectivity index (χ2n) is 3.24. The molecule has 74 valence electrons. The number of thiophene rings is 1. The summed E-state index contributed by atoms with van der Waals surface area (Å²) in [5, 5.41) is 7.69. The highest BCUT2D eigenvalue weighted by Crippen LogP contribution is 2.15. The molecule has 1 unspecified atom stereocenters. The van der Waals surface area contributed by atoms with Gasteiger partial charge in [0.05, 0.1) is 6.33 Å². The van der Waals surface area contributed by atoms with Crippen molar-refractivity contribution in [3.8, 4) is 0 Å². The molecule has 0 aromatic carbocycles. The van der Waals surface area contributed by atoms with Crippen LogP contribution in [0.2, 0.25) is 0 Å². The van der Waals surface area contributed by atoms with E-state index < -0.39 is 0 Å². The summed E-state index contributed by atoms with van der Waals surface area (Å²) < 4.78 is 0. The van der Waals surface area contributed by atoms with Gasteiger partial charge in [0.1, 0.15) is 0 Å². The predicted octanol–water partition coefficient (Wildman–Crippen LogP) is 2.32. The van der Waals surface area contributed by atoms with Crippen LogP contribution in [0.3, 0.4) is 0 Å². The number of imidazole rings is 1. The van der Waals surface area contributed by atoms with Crippen molar-refractivity contribution in [1.82, 2.24) is 15.3 Å². The zero-order valence-corrected chi connectivity index (χ0v) is 8.84. The van der Waals surface area contributed by atoms with Gasteiger partial charge in [-0.2, -0.15) is 11.3 Å². The summed E-state index contributed by atoms with van der Waals surface area (Å²) in [6.07, 6.45) is 3.54. The lowest BCUT2D eigenvalue weighted by atomic mass is 10.2. The van der Waals surface area contributed by atoms with Gasteiger partial charge in [-0.3, -0.25) is 0 Å². The molecule has 0 amide bonds. The first-order chi connectivity index (χ1) is 6.86. The van der Waals surface area contributed by atoms with Crippen LogP contribution in [0.4, 0.5) is 0 Å². The van der Waals surface area contributed by atoms with E-state index in [1.165, 1.54) is 5.56 Å². The first kappa shape index (κ1) is 9.43. The Balaban J connectivity index is 1.87. The van der Waals surface area contributed by atoms with Gasteiger partial charge in [-0.25, -0.2) is 4.98 Å². The smallest absolute Gasteiger partial charge is 0.0922 e. The van der Waals surface area contributed by atoms with Gasteiger partial charge < -0.3 is 10.3 Å². The maximum atomic E-state index is 3.97. The fourth-order valence-corrected chi connectivity index (χ4v) is 2.04. The third-order valence-electron chi connectivity index (χ3n) is 2.20. The molecule has 0 aliphatic heterocycles. The largest absolute Gasteiger partial charge is 0.347 e. The monoisotopic (exact) mass is 207 g/mol. The topological polar surface area (TPSA) is 40.7 Å². The Bertz CT molecular complexity index is 353. The van der Waals surface area contributed by atoms with Crippen molar-refractivity contribution in [2.24, 2.45) is 0 Å². The molecule has 2 heterocycles. The lowest BCUT2D eigenvalue weighted by Crippen LogP contribution is -2.17. The number of nitrogens with one attached hydrogen (secondary N) is 2. The molecule has 0 radical (unpaired) electrons. The highest BCUT2D eigenvalue weighted by atomic mass is 32.1. The summed E-state index contributed by atoms with van der Waals surface area (Å²) in [5.74, 6) is 0. The molecule has 1 atom stereocenters. The van der Waals surface area contributed by atoms with E-state index in [1.54, 1.807) is 17.7 Å². The van der Waals surface area contributed by atoms with E-state index in [9.17, 15) is 0 Å². The van der Waals surface area contributed by atoms with Crippen molar-refractivity contribution in [3.05, 3.63) is 40.6 Å². The van der Waals surface area contributed by atoms with Crippen LogP contribution in [0, 0.1) is 0 Å². The Morgan fingerprint density at radius 3 is 3.21 bits per heavy atom. The van der Waals surface area contributed by atoms with Crippen molar-refractivity contribution < 1.29 is 0 Å². The standard InChI is InChI=1S/C10H13N3S/c1-8(9-2-3-14-6-9)12-5-10-4-11-7-13-10/h2-4,6-8,12H,5H2,1H3,(H,11,13). The Morgan fingerprint density at radius 1 is 1.64 bits per heavy atom. The number of rotatable bonds is 4. The average molecular weight is 207 g/mol. The highest BCUT2D eigenvalue weighted by molar-refractivity contribution is 7.07. The normalized spacial score (nSPS) is 12.9.